The zero-order valence-corrected chi connectivity index (χ0v) is 15.2. The van der Waals surface area contributed by atoms with E-state index in [4.69, 9.17) is 4.74 Å². The number of H-pyrrole nitrogens is 1. The third-order valence-electron chi connectivity index (χ3n) is 5.07. The number of aromatic amines is 1. The molecule has 1 aromatic heterocycles. The van der Waals surface area contributed by atoms with Crippen molar-refractivity contribution in [3.63, 3.8) is 0 Å². The molecule has 0 amide bonds. The van der Waals surface area contributed by atoms with Crippen LogP contribution in [0.2, 0.25) is 0 Å². The van der Waals surface area contributed by atoms with Crippen molar-refractivity contribution in [3.05, 3.63) is 40.4 Å². The molecule has 1 fully saturated rings. The van der Waals surface area contributed by atoms with Crippen molar-refractivity contribution in [2.45, 2.75) is 25.8 Å². The molecule has 0 spiro atoms. The Balaban J connectivity index is 1.60. The molecule has 0 radical (unpaired) electrons. The minimum atomic E-state index is -0.0450. The van der Waals surface area contributed by atoms with Crippen LogP contribution in [0.5, 0.6) is 0 Å². The van der Waals surface area contributed by atoms with Gasteiger partial charge in [-0.25, -0.2) is 4.98 Å². The van der Waals surface area contributed by atoms with Crippen molar-refractivity contribution in [1.82, 2.24) is 19.8 Å². The number of hydrogen-bond acceptors (Lipinski definition) is 5. The van der Waals surface area contributed by atoms with E-state index in [0.717, 1.165) is 63.5 Å². The lowest BCUT2D eigenvalue weighted by atomic mass is 10.1. The molecule has 3 rings (SSSR count). The van der Waals surface area contributed by atoms with Crippen LogP contribution in [0.4, 0.5) is 0 Å². The number of fused-ring (bicyclic) bond motifs is 1. The molecule has 1 saturated heterocycles. The smallest absolute Gasteiger partial charge is 0.258 e. The summed E-state index contributed by atoms with van der Waals surface area (Å²) in [6.45, 7) is 8.16. The molecule has 6 heteroatoms. The molecule has 6 nitrogen and oxygen atoms in total. The Labute approximate surface area is 148 Å². The van der Waals surface area contributed by atoms with Crippen LogP contribution in [0, 0.1) is 0 Å². The Morgan fingerprint density at radius 3 is 2.92 bits per heavy atom. The number of hydrogen-bond donors (Lipinski definition) is 1. The Morgan fingerprint density at radius 2 is 2.12 bits per heavy atom. The number of ether oxygens (including phenoxy) is 1. The van der Waals surface area contributed by atoms with Crippen LogP contribution in [0.15, 0.2) is 29.1 Å². The molecule has 25 heavy (non-hydrogen) atoms. The predicted octanol–water partition coefficient (Wildman–Crippen LogP) is 1.51. The molecule has 1 aliphatic rings. The molecule has 1 N–H and O–H groups in total. The summed E-state index contributed by atoms with van der Waals surface area (Å²) in [7, 11) is 1.76. The molecule has 1 atom stereocenters. The van der Waals surface area contributed by atoms with Gasteiger partial charge in [0.1, 0.15) is 5.82 Å². The maximum absolute atomic E-state index is 12.2. The molecule has 0 bridgehead atoms. The lowest BCUT2D eigenvalue weighted by molar-refractivity contribution is 0.0501. The van der Waals surface area contributed by atoms with E-state index in [1.807, 2.05) is 24.3 Å². The maximum atomic E-state index is 12.2. The molecule has 0 aliphatic carbocycles. The number of para-hydroxylation sites is 1. The summed E-state index contributed by atoms with van der Waals surface area (Å²) in [4.78, 5) is 24.7. The van der Waals surface area contributed by atoms with Crippen LogP contribution in [0.1, 0.15) is 19.2 Å². The van der Waals surface area contributed by atoms with Crippen LogP contribution in [-0.4, -0.2) is 72.3 Å². The highest BCUT2D eigenvalue weighted by Crippen LogP contribution is 2.13. The monoisotopic (exact) mass is 344 g/mol. The van der Waals surface area contributed by atoms with Crippen LogP contribution in [0.25, 0.3) is 10.9 Å². The number of rotatable bonds is 7. The first-order valence-corrected chi connectivity index (χ1v) is 9.14. The molecule has 0 unspecified atom stereocenters. The Kier molecular flexibility index (Phi) is 6.18. The van der Waals surface area contributed by atoms with Crippen molar-refractivity contribution in [2.24, 2.45) is 0 Å². The number of methoxy groups -OCH3 is 1. The van der Waals surface area contributed by atoms with Gasteiger partial charge in [0, 0.05) is 52.3 Å². The second-order valence-electron chi connectivity index (χ2n) is 6.67. The van der Waals surface area contributed by atoms with E-state index in [-0.39, 0.29) is 5.56 Å². The Hall–Kier alpha value is -1.76. The minimum absolute atomic E-state index is 0.0450. The number of benzene rings is 1. The molecule has 1 aliphatic heterocycles. The van der Waals surface area contributed by atoms with Crippen molar-refractivity contribution in [3.8, 4) is 0 Å². The van der Waals surface area contributed by atoms with Gasteiger partial charge >= 0.3 is 0 Å². The minimum Gasteiger partial charge on any atom is -0.383 e. The molecule has 1 aromatic carbocycles. The highest BCUT2D eigenvalue weighted by atomic mass is 16.5. The highest BCUT2D eigenvalue weighted by molar-refractivity contribution is 5.77. The average molecular weight is 344 g/mol. The summed E-state index contributed by atoms with van der Waals surface area (Å²) in [6, 6.07) is 8.08. The van der Waals surface area contributed by atoms with Gasteiger partial charge in [-0.05, 0) is 18.6 Å². The topological polar surface area (TPSA) is 61.5 Å². The fourth-order valence-corrected chi connectivity index (χ4v) is 3.57. The normalized spacial score (nSPS) is 19.5. The number of nitrogens with one attached hydrogen (secondary N) is 1. The summed E-state index contributed by atoms with van der Waals surface area (Å²) >= 11 is 0. The molecular weight excluding hydrogens is 316 g/mol. The van der Waals surface area contributed by atoms with Gasteiger partial charge in [-0.15, -0.1) is 0 Å². The fraction of sp³-hybridized carbons (Fsp3) is 0.579. The lowest BCUT2D eigenvalue weighted by Crippen LogP contribution is -2.53. The van der Waals surface area contributed by atoms with E-state index in [0.29, 0.717) is 11.4 Å². The van der Waals surface area contributed by atoms with Gasteiger partial charge in [-0.1, -0.05) is 19.1 Å². The largest absolute Gasteiger partial charge is 0.383 e. The van der Waals surface area contributed by atoms with Gasteiger partial charge in [0.2, 0.25) is 0 Å². The zero-order valence-electron chi connectivity index (χ0n) is 15.2. The molecular formula is C19H28N4O2. The van der Waals surface area contributed by atoms with Crippen LogP contribution >= 0.6 is 0 Å². The van der Waals surface area contributed by atoms with Crippen LogP contribution in [-0.2, 0) is 11.2 Å². The van der Waals surface area contributed by atoms with Crippen molar-refractivity contribution >= 4 is 10.9 Å². The van der Waals surface area contributed by atoms with Gasteiger partial charge in [-0.2, -0.15) is 0 Å². The van der Waals surface area contributed by atoms with Crippen molar-refractivity contribution < 1.29 is 4.74 Å². The van der Waals surface area contributed by atoms with Crippen molar-refractivity contribution in [2.75, 3.05) is 46.4 Å². The van der Waals surface area contributed by atoms with Crippen molar-refractivity contribution in [1.29, 1.82) is 0 Å². The van der Waals surface area contributed by atoms with E-state index in [1.54, 1.807) is 7.11 Å². The molecule has 2 aromatic rings. The first kappa shape index (κ1) is 18.0. The number of aromatic nitrogens is 2. The lowest BCUT2D eigenvalue weighted by Gasteiger charge is -2.41. The first-order chi connectivity index (χ1) is 12.2. The summed E-state index contributed by atoms with van der Waals surface area (Å²) in [5.74, 6) is 0.776. The Bertz CT molecular complexity index is 746. The second kappa shape index (κ2) is 8.56. The highest BCUT2D eigenvalue weighted by Gasteiger charge is 2.25. The quantitative estimate of drug-likeness (QED) is 0.825. The van der Waals surface area contributed by atoms with E-state index in [1.165, 1.54) is 0 Å². The van der Waals surface area contributed by atoms with Crippen LogP contribution < -0.4 is 5.56 Å². The molecule has 2 heterocycles. The summed E-state index contributed by atoms with van der Waals surface area (Å²) in [5.41, 5.74) is 0.730. The maximum Gasteiger partial charge on any atom is 0.258 e. The van der Waals surface area contributed by atoms with Gasteiger partial charge in [0.25, 0.3) is 5.56 Å². The second-order valence-corrected chi connectivity index (χ2v) is 6.67. The average Bonchev–Trinajstić information content (AvgIpc) is 2.65. The van der Waals surface area contributed by atoms with Gasteiger partial charge < -0.3 is 14.6 Å². The van der Waals surface area contributed by atoms with E-state index >= 15 is 0 Å². The number of nitrogens with zero attached hydrogens (tertiary/aromatic N) is 3. The van der Waals surface area contributed by atoms with E-state index in [9.17, 15) is 4.79 Å². The fourth-order valence-electron chi connectivity index (χ4n) is 3.57. The van der Waals surface area contributed by atoms with Gasteiger partial charge in [0.05, 0.1) is 17.5 Å². The van der Waals surface area contributed by atoms with E-state index in [2.05, 4.69) is 26.7 Å². The third kappa shape index (κ3) is 4.45. The molecule has 0 saturated carbocycles. The van der Waals surface area contributed by atoms with Crippen LogP contribution in [0.3, 0.4) is 0 Å². The van der Waals surface area contributed by atoms with Gasteiger partial charge in [-0.3, -0.25) is 9.69 Å². The Morgan fingerprint density at radius 1 is 1.28 bits per heavy atom. The predicted molar refractivity (Wildman–Crippen MR) is 100 cm³/mol. The number of piperazine rings is 1. The molecule has 136 valence electrons. The zero-order chi connectivity index (χ0) is 17.6. The summed E-state index contributed by atoms with van der Waals surface area (Å²) < 4.78 is 5.22. The van der Waals surface area contributed by atoms with E-state index < -0.39 is 0 Å². The third-order valence-corrected chi connectivity index (χ3v) is 5.07. The SMILES string of the molecule is CC[C@H]1CN(CCc2nc3ccccc3c(=O)[nH]2)CCN1CCOC. The first-order valence-electron chi connectivity index (χ1n) is 9.14. The summed E-state index contributed by atoms with van der Waals surface area (Å²) in [5, 5.41) is 0.657. The van der Waals surface area contributed by atoms with Gasteiger partial charge in [0.15, 0.2) is 0 Å². The summed E-state index contributed by atoms with van der Waals surface area (Å²) in [6.07, 6.45) is 1.92. The standard InChI is InChI=1S/C19H28N4O2/c1-3-15-14-22(10-11-23(15)12-13-25-2)9-8-18-20-17-7-5-4-6-16(17)19(24)21-18/h4-7,15H,3,8-14H2,1-2H3,(H,20,21,24)/t15-/m0/s1.